The summed E-state index contributed by atoms with van der Waals surface area (Å²) in [5.41, 5.74) is 0.571. The molecule has 0 bridgehead atoms. The molecule has 0 saturated carbocycles. The Hall–Kier alpha value is -3.93. The fourth-order valence-electron chi connectivity index (χ4n) is 3.24. The van der Waals surface area contributed by atoms with E-state index in [1.165, 1.54) is 25.1 Å². The van der Waals surface area contributed by atoms with Crippen molar-refractivity contribution in [2.24, 2.45) is 0 Å². The molecule has 1 N–H and O–H groups in total. The summed E-state index contributed by atoms with van der Waals surface area (Å²) in [6, 6.07) is 6.16. The molecular weight excluding hydrogens is 468 g/mol. The molecule has 0 aliphatic carbocycles. The van der Waals surface area contributed by atoms with Gasteiger partial charge in [-0.05, 0) is 23.8 Å². The van der Waals surface area contributed by atoms with Crippen molar-refractivity contribution in [3.8, 4) is 5.75 Å². The molecule has 1 heterocycles. The molecule has 0 spiro atoms. The summed E-state index contributed by atoms with van der Waals surface area (Å²) in [6.07, 6.45) is -4.16. The van der Waals surface area contributed by atoms with Gasteiger partial charge in [0.15, 0.2) is 12.2 Å². The van der Waals surface area contributed by atoms with Crippen LogP contribution in [-0.2, 0) is 47.7 Å². The van der Waals surface area contributed by atoms with Gasteiger partial charge in [0.05, 0.1) is 0 Å². The summed E-state index contributed by atoms with van der Waals surface area (Å²) in [5, 5.41) is 8.75. The highest BCUT2D eigenvalue weighted by molar-refractivity contribution is 5.85. The smallest absolute Gasteiger partial charge is 0.328 e. The summed E-state index contributed by atoms with van der Waals surface area (Å²) in [4.78, 5) is 57.5. The maximum Gasteiger partial charge on any atom is 0.328 e. The van der Waals surface area contributed by atoms with Crippen LogP contribution in [0.3, 0.4) is 0 Å². The number of benzene rings is 1. The van der Waals surface area contributed by atoms with Crippen molar-refractivity contribution >= 4 is 35.9 Å². The van der Waals surface area contributed by atoms with Crippen LogP contribution in [0, 0.1) is 0 Å². The normalized spacial score (nSPS) is 23.7. The van der Waals surface area contributed by atoms with E-state index in [1.54, 1.807) is 12.1 Å². The second-order valence-electron chi connectivity index (χ2n) is 7.43. The molecule has 1 aliphatic rings. The lowest BCUT2D eigenvalue weighted by Crippen LogP contribution is -2.63. The molecule has 1 aromatic carbocycles. The van der Waals surface area contributed by atoms with E-state index in [2.05, 4.69) is 0 Å². The van der Waals surface area contributed by atoms with E-state index < -0.39 is 60.6 Å². The summed E-state index contributed by atoms with van der Waals surface area (Å²) in [5.74, 6) is -3.76. The number of aliphatic carboxylic acids is 1. The van der Waals surface area contributed by atoms with Gasteiger partial charge in [0.2, 0.25) is 12.4 Å². The highest BCUT2D eigenvalue weighted by atomic mass is 16.7. The van der Waals surface area contributed by atoms with E-state index in [-0.39, 0.29) is 12.4 Å². The summed E-state index contributed by atoms with van der Waals surface area (Å²) < 4.78 is 32.6. The van der Waals surface area contributed by atoms with E-state index in [0.29, 0.717) is 5.56 Å². The lowest BCUT2D eigenvalue weighted by atomic mass is 9.98. The Bertz CT molecular complexity index is 967. The van der Waals surface area contributed by atoms with Gasteiger partial charge in [-0.15, -0.1) is 0 Å². The molecule has 5 atom stereocenters. The third kappa shape index (κ3) is 8.74. The summed E-state index contributed by atoms with van der Waals surface area (Å²) in [6.45, 7) is 4.15. The quantitative estimate of drug-likeness (QED) is 0.298. The molecule has 190 valence electrons. The first-order chi connectivity index (χ1) is 16.5. The summed E-state index contributed by atoms with van der Waals surface area (Å²) >= 11 is 0. The molecule has 0 aromatic heterocycles. The van der Waals surface area contributed by atoms with Crippen LogP contribution >= 0.6 is 0 Å². The Morgan fingerprint density at radius 2 is 1.37 bits per heavy atom. The topological polar surface area (TPSA) is 161 Å². The number of rotatable bonds is 9. The van der Waals surface area contributed by atoms with Crippen molar-refractivity contribution in [1.29, 1.82) is 0 Å². The van der Waals surface area contributed by atoms with E-state index in [4.69, 9.17) is 33.5 Å². The molecule has 0 radical (unpaired) electrons. The standard InChI is InChI=1S/C23H26O12/c1-12(24)30-11-18-20(31-13(2)25)21(32-14(3)26)22(33-15(4)27)23(35-18)34-17-8-5-16(6-9-17)7-10-19(28)29/h5-10,18,20-23H,11H2,1-4H3,(H,28,29)/b10-7+/t18-,20-,21+,22-,23-/m1/s1. The predicted octanol–water partition coefficient (Wildman–Crippen LogP) is 1.25. The van der Waals surface area contributed by atoms with Crippen LogP contribution < -0.4 is 4.74 Å². The zero-order valence-corrected chi connectivity index (χ0v) is 19.5. The van der Waals surface area contributed by atoms with Gasteiger partial charge in [0, 0.05) is 33.8 Å². The number of hydrogen-bond donors (Lipinski definition) is 1. The minimum Gasteiger partial charge on any atom is -0.478 e. The maximum atomic E-state index is 11.8. The van der Waals surface area contributed by atoms with Crippen molar-refractivity contribution in [1.82, 2.24) is 0 Å². The molecule has 1 saturated heterocycles. The van der Waals surface area contributed by atoms with Gasteiger partial charge in [-0.3, -0.25) is 19.2 Å². The largest absolute Gasteiger partial charge is 0.478 e. The van der Waals surface area contributed by atoms with Crippen LogP contribution in [0.2, 0.25) is 0 Å². The zero-order chi connectivity index (χ0) is 26.1. The van der Waals surface area contributed by atoms with Crippen LogP contribution in [0.4, 0.5) is 0 Å². The number of carbonyl (C=O) groups excluding carboxylic acids is 4. The van der Waals surface area contributed by atoms with Crippen LogP contribution in [-0.4, -0.2) is 72.3 Å². The molecule has 0 amide bonds. The first-order valence-electron chi connectivity index (χ1n) is 10.4. The molecule has 35 heavy (non-hydrogen) atoms. The van der Waals surface area contributed by atoms with E-state index in [0.717, 1.165) is 26.8 Å². The average molecular weight is 494 g/mol. The minimum atomic E-state index is -1.36. The van der Waals surface area contributed by atoms with Crippen molar-refractivity contribution in [3.63, 3.8) is 0 Å². The monoisotopic (exact) mass is 494 g/mol. The molecule has 2 rings (SSSR count). The zero-order valence-electron chi connectivity index (χ0n) is 19.5. The second-order valence-corrected chi connectivity index (χ2v) is 7.43. The van der Waals surface area contributed by atoms with Crippen LogP contribution in [0.1, 0.15) is 33.3 Å². The van der Waals surface area contributed by atoms with Crippen LogP contribution in [0.5, 0.6) is 5.75 Å². The first kappa shape index (κ1) is 27.3. The van der Waals surface area contributed by atoms with Gasteiger partial charge < -0.3 is 33.5 Å². The third-order valence-electron chi connectivity index (χ3n) is 4.50. The van der Waals surface area contributed by atoms with Crippen molar-refractivity contribution < 1.29 is 57.5 Å². The minimum absolute atomic E-state index is 0.235. The Kier molecular flexibility index (Phi) is 9.76. The van der Waals surface area contributed by atoms with E-state index in [1.807, 2.05) is 0 Å². The second kappa shape index (κ2) is 12.5. The lowest BCUT2D eigenvalue weighted by Gasteiger charge is -2.43. The highest BCUT2D eigenvalue weighted by Crippen LogP contribution is 2.31. The molecular formula is C23H26O12. The number of ether oxygens (including phenoxy) is 6. The fourth-order valence-corrected chi connectivity index (χ4v) is 3.24. The van der Waals surface area contributed by atoms with Gasteiger partial charge in [-0.2, -0.15) is 0 Å². The number of carbonyl (C=O) groups is 5. The summed E-state index contributed by atoms with van der Waals surface area (Å²) in [7, 11) is 0. The van der Waals surface area contributed by atoms with Crippen LogP contribution in [0.25, 0.3) is 6.08 Å². The van der Waals surface area contributed by atoms with E-state index >= 15 is 0 Å². The molecule has 1 fully saturated rings. The SMILES string of the molecule is CC(=O)OC[C@H]1O[C@@H](Oc2ccc(/C=C/C(=O)O)cc2)[C@H](OC(C)=O)[C@@H](OC(C)=O)[C@@H]1OC(C)=O. The third-order valence-corrected chi connectivity index (χ3v) is 4.50. The van der Waals surface area contributed by atoms with Gasteiger partial charge in [0.25, 0.3) is 0 Å². The number of hydrogen-bond acceptors (Lipinski definition) is 11. The van der Waals surface area contributed by atoms with Gasteiger partial charge in [-0.25, -0.2) is 4.79 Å². The number of esters is 4. The first-order valence-corrected chi connectivity index (χ1v) is 10.4. The Balaban J connectivity index is 2.40. The Labute approximate surface area is 200 Å². The predicted molar refractivity (Wildman–Crippen MR) is 116 cm³/mol. The Morgan fingerprint density at radius 3 is 1.89 bits per heavy atom. The van der Waals surface area contributed by atoms with Crippen molar-refractivity contribution in [2.75, 3.05) is 6.61 Å². The highest BCUT2D eigenvalue weighted by Gasteiger charge is 2.53. The average Bonchev–Trinajstić information content (AvgIpc) is 2.75. The van der Waals surface area contributed by atoms with Gasteiger partial charge >= 0.3 is 29.8 Å². The molecule has 1 aliphatic heterocycles. The van der Waals surface area contributed by atoms with Crippen molar-refractivity contribution in [2.45, 2.75) is 58.4 Å². The van der Waals surface area contributed by atoms with Gasteiger partial charge in [-0.1, -0.05) is 12.1 Å². The van der Waals surface area contributed by atoms with Gasteiger partial charge in [0.1, 0.15) is 18.5 Å². The van der Waals surface area contributed by atoms with E-state index in [9.17, 15) is 24.0 Å². The van der Waals surface area contributed by atoms with Crippen molar-refractivity contribution in [3.05, 3.63) is 35.9 Å². The molecule has 1 aromatic rings. The molecule has 12 heteroatoms. The molecule has 0 unspecified atom stereocenters. The molecule has 12 nitrogen and oxygen atoms in total. The lowest BCUT2D eigenvalue weighted by molar-refractivity contribution is -0.288. The number of carboxylic acid groups (broad SMARTS) is 1. The maximum absolute atomic E-state index is 11.8. The fraction of sp³-hybridized carbons (Fsp3) is 0.435. The Morgan fingerprint density at radius 1 is 0.829 bits per heavy atom. The number of carboxylic acids is 1. The van der Waals surface area contributed by atoms with Crippen LogP contribution in [0.15, 0.2) is 30.3 Å².